The summed E-state index contributed by atoms with van der Waals surface area (Å²) in [5.41, 5.74) is 9.33. The Bertz CT molecular complexity index is 715. The summed E-state index contributed by atoms with van der Waals surface area (Å²) in [6, 6.07) is 11.4. The van der Waals surface area contributed by atoms with Crippen LogP contribution in [0.4, 0.5) is 11.4 Å². The Hall–Kier alpha value is -1.33. The lowest BCUT2D eigenvalue weighted by Gasteiger charge is -2.30. The largest absolute Gasteiger partial charge is 0.399 e. The quantitative estimate of drug-likeness (QED) is 0.710. The number of aryl methyl sites for hydroxylation is 1. The fourth-order valence-corrected chi connectivity index (χ4v) is 3.83. The molecule has 0 aliphatic carbocycles. The summed E-state index contributed by atoms with van der Waals surface area (Å²) in [6.45, 7) is 0.720. The molecule has 0 unspecified atom stereocenters. The van der Waals surface area contributed by atoms with Gasteiger partial charge in [0.05, 0.1) is 5.56 Å². The molecular weight excluding hydrogens is 396 g/mol. The first-order valence-corrected chi connectivity index (χ1v) is 8.30. The van der Waals surface area contributed by atoms with Crippen LogP contribution < -0.4 is 10.6 Å². The maximum Gasteiger partial charge on any atom is 0.259 e. The first-order chi connectivity index (χ1) is 10.1. The van der Waals surface area contributed by atoms with Gasteiger partial charge < -0.3 is 10.6 Å². The Kier molecular flexibility index (Phi) is 4.04. The zero-order valence-electron chi connectivity index (χ0n) is 11.3. The zero-order chi connectivity index (χ0) is 15.0. The molecule has 0 radical (unpaired) electrons. The van der Waals surface area contributed by atoms with Crippen molar-refractivity contribution in [2.45, 2.75) is 12.8 Å². The van der Waals surface area contributed by atoms with Gasteiger partial charge in [-0.2, -0.15) is 0 Å². The van der Waals surface area contributed by atoms with Crippen LogP contribution >= 0.6 is 31.9 Å². The van der Waals surface area contributed by atoms with E-state index in [1.165, 1.54) is 5.56 Å². The molecule has 0 saturated carbocycles. The van der Waals surface area contributed by atoms with Crippen LogP contribution in [0.1, 0.15) is 22.3 Å². The molecule has 3 nitrogen and oxygen atoms in total. The van der Waals surface area contributed by atoms with E-state index in [4.69, 9.17) is 5.73 Å². The Labute approximate surface area is 140 Å². The summed E-state index contributed by atoms with van der Waals surface area (Å²) in [6.07, 6.45) is 1.96. The van der Waals surface area contributed by atoms with Crippen molar-refractivity contribution >= 4 is 49.1 Å². The van der Waals surface area contributed by atoms with Crippen LogP contribution in [0.3, 0.4) is 0 Å². The van der Waals surface area contributed by atoms with Gasteiger partial charge in [0.1, 0.15) is 0 Å². The maximum absolute atomic E-state index is 12.8. The van der Waals surface area contributed by atoms with Gasteiger partial charge in [0.2, 0.25) is 0 Å². The molecule has 0 fully saturated rings. The van der Waals surface area contributed by atoms with E-state index in [0.29, 0.717) is 11.3 Å². The minimum atomic E-state index is 0.000856. The number of nitrogens with two attached hydrogens (primary N) is 1. The van der Waals surface area contributed by atoms with Crippen molar-refractivity contribution in [3.05, 3.63) is 56.5 Å². The van der Waals surface area contributed by atoms with E-state index in [-0.39, 0.29) is 5.91 Å². The standard InChI is InChI=1S/C16H14Br2N2O/c17-11-4-6-13(14(18)8-11)16(21)20-7-1-2-10-3-5-12(19)9-15(10)20/h3-6,8-9H,1-2,7,19H2. The maximum atomic E-state index is 12.8. The number of carbonyl (C=O) groups is 1. The first kappa shape index (κ1) is 14.6. The molecule has 2 aromatic carbocycles. The van der Waals surface area contributed by atoms with Gasteiger partial charge in [0.25, 0.3) is 5.91 Å². The Morgan fingerprint density at radius 2 is 1.95 bits per heavy atom. The van der Waals surface area contributed by atoms with Gasteiger partial charge in [-0.3, -0.25) is 4.79 Å². The van der Waals surface area contributed by atoms with Crippen LogP contribution in [0.2, 0.25) is 0 Å². The highest BCUT2D eigenvalue weighted by molar-refractivity contribution is 9.11. The Balaban J connectivity index is 2.02. The van der Waals surface area contributed by atoms with Crippen molar-refractivity contribution in [2.75, 3.05) is 17.2 Å². The smallest absolute Gasteiger partial charge is 0.259 e. The SMILES string of the molecule is Nc1ccc2c(c1)N(C(=O)c1ccc(Br)cc1Br)CCC2. The molecule has 2 N–H and O–H groups in total. The summed E-state index contributed by atoms with van der Waals surface area (Å²) >= 11 is 6.87. The fraction of sp³-hybridized carbons (Fsp3) is 0.188. The number of benzene rings is 2. The summed E-state index contributed by atoms with van der Waals surface area (Å²) in [4.78, 5) is 14.7. The topological polar surface area (TPSA) is 46.3 Å². The van der Waals surface area contributed by atoms with E-state index in [1.807, 2.05) is 41.3 Å². The zero-order valence-corrected chi connectivity index (χ0v) is 14.4. The van der Waals surface area contributed by atoms with E-state index in [0.717, 1.165) is 34.0 Å². The van der Waals surface area contributed by atoms with Crippen molar-refractivity contribution in [2.24, 2.45) is 0 Å². The predicted octanol–water partition coefficient (Wildman–Crippen LogP) is 4.39. The third kappa shape index (κ3) is 2.85. The van der Waals surface area contributed by atoms with E-state index in [2.05, 4.69) is 31.9 Å². The number of halogens is 2. The average molecular weight is 410 g/mol. The number of hydrogen-bond donors (Lipinski definition) is 1. The number of hydrogen-bond acceptors (Lipinski definition) is 2. The molecule has 2 aromatic rings. The van der Waals surface area contributed by atoms with Crippen molar-refractivity contribution in [3.63, 3.8) is 0 Å². The van der Waals surface area contributed by atoms with Crippen LogP contribution in [-0.2, 0) is 6.42 Å². The molecule has 108 valence electrons. The second-order valence-corrected chi connectivity index (χ2v) is 6.84. The lowest BCUT2D eigenvalue weighted by molar-refractivity contribution is 0.0984. The van der Waals surface area contributed by atoms with E-state index in [9.17, 15) is 4.79 Å². The van der Waals surface area contributed by atoms with Gasteiger partial charge in [0.15, 0.2) is 0 Å². The average Bonchev–Trinajstić information content (AvgIpc) is 2.46. The monoisotopic (exact) mass is 408 g/mol. The third-order valence-corrected chi connectivity index (χ3v) is 4.78. The number of amides is 1. The van der Waals surface area contributed by atoms with Gasteiger partial charge in [-0.1, -0.05) is 22.0 Å². The summed E-state index contributed by atoms with van der Waals surface area (Å²) in [5.74, 6) is 0.000856. The second-order valence-electron chi connectivity index (χ2n) is 5.07. The highest BCUT2D eigenvalue weighted by Crippen LogP contribution is 2.32. The Morgan fingerprint density at radius 1 is 1.14 bits per heavy atom. The fourth-order valence-electron chi connectivity index (χ4n) is 2.61. The highest BCUT2D eigenvalue weighted by atomic mass is 79.9. The summed E-state index contributed by atoms with van der Waals surface area (Å²) in [5, 5.41) is 0. The number of rotatable bonds is 1. The van der Waals surface area contributed by atoms with Crippen LogP contribution in [0.5, 0.6) is 0 Å². The van der Waals surface area contributed by atoms with E-state index >= 15 is 0 Å². The minimum absolute atomic E-state index is 0.000856. The number of fused-ring (bicyclic) bond motifs is 1. The van der Waals surface area contributed by atoms with E-state index in [1.54, 1.807) is 0 Å². The first-order valence-electron chi connectivity index (χ1n) is 6.71. The van der Waals surface area contributed by atoms with Crippen LogP contribution in [0.25, 0.3) is 0 Å². The summed E-state index contributed by atoms with van der Waals surface area (Å²) in [7, 11) is 0. The van der Waals surface area contributed by atoms with Gasteiger partial charge in [-0.15, -0.1) is 0 Å². The lowest BCUT2D eigenvalue weighted by atomic mass is 10.00. The molecule has 1 aliphatic rings. The number of nitrogens with zero attached hydrogens (tertiary/aromatic N) is 1. The van der Waals surface area contributed by atoms with Crippen LogP contribution in [0.15, 0.2) is 45.3 Å². The number of carbonyl (C=O) groups excluding carboxylic acids is 1. The van der Waals surface area contributed by atoms with Gasteiger partial charge in [0, 0.05) is 26.9 Å². The molecule has 0 saturated heterocycles. The van der Waals surface area contributed by atoms with Crippen molar-refractivity contribution in [3.8, 4) is 0 Å². The molecule has 5 heteroatoms. The molecule has 0 spiro atoms. The normalized spacial score (nSPS) is 13.9. The minimum Gasteiger partial charge on any atom is -0.399 e. The molecular formula is C16H14Br2N2O. The van der Waals surface area contributed by atoms with Crippen LogP contribution in [0, 0.1) is 0 Å². The highest BCUT2D eigenvalue weighted by Gasteiger charge is 2.25. The van der Waals surface area contributed by atoms with Crippen LogP contribution in [-0.4, -0.2) is 12.5 Å². The number of nitrogen functional groups attached to an aromatic ring is 1. The Morgan fingerprint density at radius 3 is 2.71 bits per heavy atom. The van der Waals surface area contributed by atoms with Crippen molar-refractivity contribution in [1.82, 2.24) is 0 Å². The number of anilines is 2. The van der Waals surface area contributed by atoms with Gasteiger partial charge in [-0.05, 0) is 64.7 Å². The summed E-state index contributed by atoms with van der Waals surface area (Å²) < 4.78 is 1.73. The molecule has 1 heterocycles. The van der Waals surface area contributed by atoms with Gasteiger partial charge >= 0.3 is 0 Å². The molecule has 0 aromatic heterocycles. The van der Waals surface area contributed by atoms with Crippen molar-refractivity contribution < 1.29 is 4.79 Å². The molecule has 1 aliphatic heterocycles. The molecule has 21 heavy (non-hydrogen) atoms. The lowest BCUT2D eigenvalue weighted by Crippen LogP contribution is -2.35. The molecule has 0 bridgehead atoms. The second kappa shape index (κ2) is 5.81. The third-order valence-electron chi connectivity index (χ3n) is 3.63. The van der Waals surface area contributed by atoms with Gasteiger partial charge in [-0.25, -0.2) is 0 Å². The predicted molar refractivity (Wildman–Crippen MR) is 92.7 cm³/mol. The molecule has 0 atom stereocenters. The molecule has 3 rings (SSSR count). The van der Waals surface area contributed by atoms with Crippen molar-refractivity contribution in [1.29, 1.82) is 0 Å². The van der Waals surface area contributed by atoms with E-state index < -0.39 is 0 Å². The molecule has 1 amide bonds.